The molecule has 1 aromatic heterocycles. The maximum atomic E-state index is 12.6. The number of para-hydroxylation sites is 1. The van der Waals surface area contributed by atoms with E-state index < -0.39 is 0 Å². The van der Waals surface area contributed by atoms with Gasteiger partial charge in [0.2, 0.25) is 0 Å². The van der Waals surface area contributed by atoms with Crippen molar-refractivity contribution in [3.63, 3.8) is 0 Å². The average Bonchev–Trinajstić information content (AvgIpc) is 2.66. The Bertz CT molecular complexity index is 993. The molecule has 0 bridgehead atoms. The van der Waals surface area contributed by atoms with Crippen molar-refractivity contribution in [1.82, 2.24) is 14.9 Å². The second-order valence-electron chi connectivity index (χ2n) is 6.75. The van der Waals surface area contributed by atoms with Crippen molar-refractivity contribution in [2.75, 3.05) is 11.9 Å². The number of carbonyl (C=O) groups is 1. The Morgan fingerprint density at radius 2 is 1.85 bits per heavy atom. The monoisotopic (exact) mass is 364 g/mol. The largest absolute Gasteiger partial charge is 0.322 e. The summed E-state index contributed by atoms with van der Waals surface area (Å²) in [6.07, 6.45) is 0. The molecule has 0 aliphatic carbocycles. The van der Waals surface area contributed by atoms with E-state index in [-0.39, 0.29) is 18.1 Å². The Hall–Kier alpha value is -3.15. The minimum Gasteiger partial charge on any atom is -0.317 e. The van der Waals surface area contributed by atoms with E-state index in [2.05, 4.69) is 29.1 Å². The molecule has 0 unspecified atom stereocenters. The molecule has 0 spiro atoms. The summed E-state index contributed by atoms with van der Waals surface area (Å²) in [7, 11) is 0. The number of H-pyrrole nitrogens is 1. The Morgan fingerprint density at radius 1 is 1.15 bits per heavy atom. The summed E-state index contributed by atoms with van der Waals surface area (Å²) in [5, 5.41) is 3.44. The predicted octanol–water partition coefficient (Wildman–Crippen LogP) is 4.10. The zero-order valence-electron chi connectivity index (χ0n) is 15.8. The first kappa shape index (κ1) is 18.6. The number of benzene rings is 2. The number of hydrogen-bond acceptors (Lipinski definition) is 3. The fraction of sp³-hybridized carbons (Fsp3) is 0.286. The molecule has 2 amide bonds. The molecule has 0 aliphatic heterocycles. The molecule has 6 nitrogen and oxygen atoms in total. The van der Waals surface area contributed by atoms with Crippen LogP contribution in [0.3, 0.4) is 0 Å². The van der Waals surface area contributed by atoms with Crippen LogP contribution in [0.2, 0.25) is 0 Å². The molecular formula is C21H24N4O2. The summed E-state index contributed by atoms with van der Waals surface area (Å²) in [5.41, 5.74) is 2.38. The van der Waals surface area contributed by atoms with E-state index in [0.29, 0.717) is 29.2 Å². The minimum atomic E-state index is -0.231. The second-order valence-corrected chi connectivity index (χ2v) is 6.75. The molecule has 0 saturated carbocycles. The van der Waals surface area contributed by atoms with Crippen molar-refractivity contribution in [3.05, 3.63) is 70.3 Å². The first-order chi connectivity index (χ1) is 13.0. The van der Waals surface area contributed by atoms with Gasteiger partial charge in [-0.05, 0) is 42.7 Å². The lowest BCUT2D eigenvalue weighted by molar-refractivity contribution is 0.211. The zero-order chi connectivity index (χ0) is 19.4. The Labute approximate surface area is 158 Å². The van der Waals surface area contributed by atoms with Gasteiger partial charge < -0.3 is 15.2 Å². The van der Waals surface area contributed by atoms with Crippen LogP contribution in [0, 0.1) is 0 Å². The molecule has 2 N–H and O–H groups in total. The fourth-order valence-electron chi connectivity index (χ4n) is 2.87. The first-order valence-corrected chi connectivity index (χ1v) is 9.11. The second kappa shape index (κ2) is 8.03. The van der Waals surface area contributed by atoms with Crippen LogP contribution in [-0.2, 0) is 6.54 Å². The highest BCUT2D eigenvalue weighted by molar-refractivity contribution is 5.89. The Morgan fingerprint density at radius 3 is 2.52 bits per heavy atom. The molecule has 0 radical (unpaired) electrons. The highest BCUT2D eigenvalue weighted by Gasteiger charge is 2.14. The third-order valence-corrected chi connectivity index (χ3v) is 4.50. The molecule has 6 heteroatoms. The van der Waals surface area contributed by atoms with Gasteiger partial charge in [-0.3, -0.25) is 4.79 Å². The summed E-state index contributed by atoms with van der Waals surface area (Å²) < 4.78 is 0. The first-order valence-electron chi connectivity index (χ1n) is 9.11. The van der Waals surface area contributed by atoms with E-state index in [9.17, 15) is 9.59 Å². The van der Waals surface area contributed by atoms with Crippen LogP contribution in [0.15, 0.2) is 53.3 Å². The molecule has 0 aliphatic rings. The van der Waals surface area contributed by atoms with Gasteiger partial charge in [0.15, 0.2) is 0 Å². The van der Waals surface area contributed by atoms with Crippen molar-refractivity contribution >= 4 is 22.6 Å². The minimum absolute atomic E-state index is 0.198. The molecule has 3 rings (SSSR count). The molecule has 0 saturated heterocycles. The number of nitrogens with zero attached hydrogens (tertiary/aromatic N) is 2. The van der Waals surface area contributed by atoms with Gasteiger partial charge in [0.1, 0.15) is 5.82 Å². The third kappa shape index (κ3) is 4.34. The van der Waals surface area contributed by atoms with Gasteiger partial charge in [0.05, 0.1) is 17.4 Å². The van der Waals surface area contributed by atoms with Gasteiger partial charge in [0.25, 0.3) is 5.56 Å². The molecular weight excluding hydrogens is 340 g/mol. The number of aromatic amines is 1. The normalized spacial score (nSPS) is 11.0. The standard InChI is InChI=1S/C21H24N4O2/c1-4-25(21(27)22-16-11-9-15(10-12-16)14(2)3)13-19-23-18-8-6-5-7-17(18)20(26)24-19/h5-12,14H,4,13H2,1-3H3,(H,22,27)(H,23,24,26). The number of hydrogen-bond donors (Lipinski definition) is 2. The van der Waals surface area contributed by atoms with Crippen molar-refractivity contribution in [1.29, 1.82) is 0 Å². The van der Waals surface area contributed by atoms with Crippen LogP contribution in [0.4, 0.5) is 10.5 Å². The van der Waals surface area contributed by atoms with Gasteiger partial charge >= 0.3 is 6.03 Å². The molecule has 3 aromatic rings. The third-order valence-electron chi connectivity index (χ3n) is 4.50. The predicted molar refractivity (Wildman–Crippen MR) is 108 cm³/mol. The van der Waals surface area contributed by atoms with E-state index in [1.807, 2.05) is 37.3 Å². The number of aromatic nitrogens is 2. The molecule has 0 atom stereocenters. The zero-order valence-corrected chi connectivity index (χ0v) is 15.8. The topological polar surface area (TPSA) is 78.1 Å². The Kier molecular flexibility index (Phi) is 5.54. The smallest absolute Gasteiger partial charge is 0.317 e. The molecule has 2 aromatic carbocycles. The van der Waals surface area contributed by atoms with Gasteiger partial charge in [-0.25, -0.2) is 9.78 Å². The quantitative estimate of drug-likeness (QED) is 0.715. The van der Waals surface area contributed by atoms with Gasteiger partial charge in [-0.15, -0.1) is 0 Å². The fourth-order valence-corrected chi connectivity index (χ4v) is 2.87. The van der Waals surface area contributed by atoms with E-state index in [0.717, 1.165) is 5.69 Å². The van der Waals surface area contributed by atoms with E-state index in [1.54, 1.807) is 23.1 Å². The lowest BCUT2D eigenvalue weighted by atomic mass is 10.0. The highest BCUT2D eigenvalue weighted by atomic mass is 16.2. The highest BCUT2D eigenvalue weighted by Crippen LogP contribution is 2.17. The van der Waals surface area contributed by atoms with Crippen LogP contribution < -0.4 is 10.9 Å². The molecule has 0 fully saturated rings. The van der Waals surface area contributed by atoms with Crippen LogP contribution in [0.5, 0.6) is 0 Å². The molecule has 140 valence electrons. The number of anilines is 1. The number of urea groups is 1. The van der Waals surface area contributed by atoms with Gasteiger partial charge in [-0.2, -0.15) is 0 Å². The summed E-state index contributed by atoms with van der Waals surface area (Å²) in [6.45, 7) is 6.87. The van der Waals surface area contributed by atoms with Gasteiger partial charge in [0, 0.05) is 12.2 Å². The van der Waals surface area contributed by atoms with E-state index in [1.165, 1.54) is 5.56 Å². The number of amides is 2. The maximum absolute atomic E-state index is 12.6. The van der Waals surface area contributed by atoms with Crippen LogP contribution in [-0.4, -0.2) is 27.4 Å². The van der Waals surface area contributed by atoms with Crippen molar-refractivity contribution in [2.24, 2.45) is 0 Å². The summed E-state index contributed by atoms with van der Waals surface area (Å²) in [6, 6.07) is 14.8. The van der Waals surface area contributed by atoms with Crippen LogP contribution in [0.1, 0.15) is 38.1 Å². The van der Waals surface area contributed by atoms with E-state index in [4.69, 9.17) is 0 Å². The SMILES string of the molecule is CCN(Cc1nc2ccccc2c(=O)[nH]1)C(=O)Nc1ccc(C(C)C)cc1. The molecule has 27 heavy (non-hydrogen) atoms. The van der Waals surface area contributed by atoms with Crippen LogP contribution in [0.25, 0.3) is 10.9 Å². The van der Waals surface area contributed by atoms with Crippen molar-refractivity contribution in [3.8, 4) is 0 Å². The summed E-state index contributed by atoms with van der Waals surface area (Å²) in [5.74, 6) is 0.906. The summed E-state index contributed by atoms with van der Waals surface area (Å²) in [4.78, 5) is 33.6. The van der Waals surface area contributed by atoms with Crippen molar-refractivity contribution < 1.29 is 4.79 Å². The van der Waals surface area contributed by atoms with Gasteiger partial charge in [-0.1, -0.05) is 38.1 Å². The lowest BCUT2D eigenvalue weighted by Crippen LogP contribution is -2.35. The molecule has 1 heterocycles. The Balaban J connectivity index is 1.74. The number of nitrogens with one attached hydrogen (secondary N) is 2. The number of rotatable bonds is 5. The maximum Gasteiger partial charge on any atom is 0.322 e. The van der Waals surface area contributed by atoms with E-state index >= 15 is 0 Å². The summed E-state index contributed by atoms with van der Waals surface area (Å²) >= 11 is 0. The van der Waals surface area contributed by atoms with Crippen molar-refractivity contribution in [2.45, 2.75) is 33.2 Å². The lowest BCUT2D eigenvalue weighted by Gasteiger charge is -2.21. The number of carbonyl (C=O) groups excluding carboxylic acids is 1. The van der Waals surface area contributed by atoms with Crippen LogP contribution >= 0.6 is 0 Å². The number of fused-ring (bicyclic) bond motifs is 1. The average molecular weight is 364 g/mol.